The van der Waals surface area contributed by atoms with Gasteiger partial charge in [-0.05, 0) is 25.3 Å². The summed E-state index contributed by atoms with van der Waals surface area (Å²) in [7, 11) is 0. The zero-order valence-electron chi connectivity index (χ0n) is 5.95. The summed E-state index contributed by atoms with van der Waals surface area (Å²) in [5.41, 5.74) is 5.29. The number of nitrogens with two attached hydrogens (primary N) is 1. The fourth-order valence-corrected chi connectivity index (χ4v) is 1.48. The standard InChI is InChI=1S/C7H13F2N/c8-7(9)3-1-2-6(4-7)5-10/h6H,1-5,10H2/t6-/m1/s1. The molecular formula is C7H13F2N. The molecule has 0 spiro atoms. The first-order valence-electron chi connectivity index (χ1n) is 3.72. The normalized spacial score (nSPS) is 32.1. The molecule has 0 aromatic rings. The van der Waals surface area contributed by atoms with Crippen molar-refractivity contribution in [2.75, 3.05) is 6.54 Å². The highest BCUT2D eigenvalue weighted by atomic mass is 19.3. The first-order chi connectivity index (χ1) is 4.64. The van der Waals surface area contributed by atoms with Crippen molar-refractivity contribution < 1.29 is 8.78 Å². The van der Waals surface area contributed by atoms with Crippen LogP contribution in [0.2, 0.25) is 0 Å². The average Bonchev–Trinajstić information content (AvgIpc) is 1.86. The SMILES string of the molecule is NC[C@@H]1CCCC(F)(F)C1. The van der Waals surface area contributed by atoms with Crippen LogP contribution in [0.4, 0.5) is 8.78 Å². The third-order valence-electron chi connectivity index (χ3n) is 2.08. The Kier molecular flexibility index (Phi) is 2.24. The van der Waals surface area contributed by atoms with Gasteiger partial charge in [-0.1, -0.05) is 0 Å². The minimum Gasteiger partial charge on any atom is -0.330 e. The molecule has 0 radical (unpaired) electrons. The molecule has 0 unspecified atom stereocenters. The van der Waals surface area contributed by atoms with Gasteiger partial charge in [-0.3, -0.25) is 0 Å². The molecule has 1 rings (SSSR count). The van der Waals surface area contributed by atoms with E-state index in [4.69, 9.17) is 5.73 Å². The second kappa shape index (κ2) is 2.82. The third-order valence-corrected chi connectivity index (χ3v) is 2.08. The Balaban J connectivity index is 2.40. The molecule has 0 saturated heterocycles. The van der Waals surface area contributed by atoms with Crippen LogP contribution in [0.15, 0.2) is 0 Å². The molecule has 10 heavy (non-hydrogen) atoms. The van der Waals surface area contributed by atoms with E-state index in [2.05, 4.69) is 0 Å². The highest BCUT2D eigenvalue weighted by Crippen LogP contribution is 2.35. The van der Waals surface area contributed by atoms with Crippen molar-refractivity contribution in [2.45, 2.75) is 31.6 Å². The maximum absolute atomic E-state index is 12.6. The first-order valence-corrected chi connectivity index (χ1v) is 3.72. The van der Waals surface area contributed by atoms with Crippen LogP contribution in [0.3, 0.4) is 0 Å². The predicted molar refractivity (Wildman–Crippen MR) is 36.0 cm³/mol. The van der Waals surface area contributed by atoms with Crippen molar-refractivity contribution in [2.24, 2.45) is 11.7 Å². The number of hydrogen-bond donors (Lipinski definition) is 1. The summed E-state index contributed by atoms with van der Waals surface area (Å²) < 4.78 is 25.2. The van der Waals surface area contributed by atoms with E-state index < -0.39 is 5.92 Å². The number of hydrogen-bond acceptors (Lipinski definition) is 1. The molecule has 60 valence electrons. The summed E-state index contributed by atoms with van der Waals surface area (Å²) >= 11 is 0. The van der Waals surface area contributed by atoms with Crippen LogP contribution in [-0.2, 0) is 0 Å². The Hall–Kier alpha value is -0.180. The van der Waals surface area contributed by atoms with Crippen LogP contribution in [0.25, 0.3) is 0 Å². The molecule has 1 aliphatic carbocycles. The molecule has 1 fully saturated rings. The van der Waals surface area contributed by atoms with Crippen molar-refractivity contribution in [3.05, 3.63) is 0 Å². The highest BCUT2D eigenvalue weighted by Gasteiger charge is 2.35. The zero-order valence-corrected chi connectivity index (χ0v) is 5.95. The van der Waals surface area contributed by atoms with E-state index >= 15 is 0 Å². The molecule has 1 atom stereocenters. The maximum atomic E-state index is 12.6. The highest BCUT2D eigenvalue weighted by molar-refractivity contribution is 4.78. The van der Waals surface area contributed by atoms with E-state index in [9.17, 15) is 8.78 Å². The number of halogens is 2. The fraction of sp³-hybridized carbons (Fsp3) is 1.00. The first kappa shape index (κ1) is 7.92. The van der Waals surface area contributed by atoms with Gasteiger partial charge in [0.1, 0.15) is 0 Å². The Morgan fingerprint density at radius 1 is 1.50 bits per heavy atom. The van der Waals surface area contributed by atoms with Crippen molar-refractivity contribution in [1.82, 2.24) is 0 Å². The van der Waals surface area contributed by atoms with Gasteiger partial charge in [0.2, 0.25) is 5.92 Å². The van der Waals surface area contributed by atoms with Gasteiger partial charge in [0.05, 0.1) is 0 Å². The van der Waals surface area contributed by atoms with E-state index in [1.165, 1.54) is 0 Å². The summed E-state index contributed by atoms with van der Waals surface area (Å²) in [5, 5.41) is 0. The average molecular weight is 149 g/mol. The maximum Gasteiger partial charge on any atom is 0.248 e. The molecule has 1 aliphatic rings. The van der Waals surface area contributed by atoms with Gasteiger partial charge in [0, 0.05) is 12.8 Å². The van der Waals surface area contributed by atoms with Gasteiger partial charge in [-0.15, -0.1) is 0 Å². The minimum absolute atomic E-state index is 0.00347. The molecule has 0 aromatic heterocycles. The predicted octanol–water partition coefficient (Wildman–Crippen LogP) is 1.77. The Labute approximate surface area is 59.6 Å². The topological polar surface area (TPSA) is 26.0 Å². The lowest BCUT2D eigenvalue weighted by molar-refractivity contribution is -0.0508. The zero-order chi connectivity index (χ0) is 7.61. The van der Waals surface area contributed by atoms with E-state index in [1.807, 2.05) is 0 Å². The van der Waals surface area contributed by atoms with E-state index in [1.54, 1.807) is 0 Å². The lowest BCUT2D eigenvalue weighted by Gasteiger charge is -2.27. The minimum atomic E-state index is -2.43. The summed E-state index contributed by atoms with van der Waals surface area (Å²) in [6.45, 7) is 0.412. The van der Waals surface area contributed by atoms with Crippen molar-refractivity contribution in [3.63, 3.8) is 0 Å². The number of alkyl halides is 2. The molecule has 0 aromatic carbocycles. The van der Waals surface area contributed by atoms with Crippen molar-refractivity contribution >= 4 is 0 Å². The van der Waals surface area contributed by atoms with Gasteiger partial charge in [-0.2, -0.15) is 0 Å². The van der Waals surface area contributed by atoms with E-state index in [-0.39, 0.29) is 18.8 Å². The quantitative estimate of drug-likeness (QED) is 0.604. The molecule has 0 heterocycles. The molecule has 0 aliphatic heterocycles. The molecular weight excluding hydrogens is 136 g/mol. The van der Waals surface area contributed by atoms with Gasteiger partial charge in [0.25, 0.3) is 0 Å². The van der Waals surface area contributed by atoms with Crippen LogP contribution < -0.4 is 5.73 Å². The summed E-state index contributed by atoms with van der Waals surface area (Å²) in [6.07, 6.45) is 1.58. The lowest BCUT2D eigenvalue weighted by atomic mass is 9.87. The van der Waals surface area contributed by atoms with Crippen LogP contribution >= 0.6 is 0 Å². The Bertz CT molecular complexity index is 114. The van der Waals surface area contributed by atoms with E-state index in [0.717, 1.165) is 6.42 Å². The largest absolute Gasteiger partial charge is 0.330 e. The molecule has 0 amide bonds. The van der Waals surface area contributed by atoms with Crippen LogP contribution in [-0.4, -0.2) is 12.5 Å². The second-order valence-corrected chi connectivity index (χ2v) is 3.05. The lowest BCUT2D eigenvalue weighted by Crippen LogP contribution is -2.30. The summed E-state index contributed by atoms with van der Waals surface area (Å²) in [6, 6.07) is 0. The Morgan fingerprint density at radius 2 is 2.20 bits per heavy atom. The van der Waals surface area contributed by atoms with E-state index in [0.29, 0.717) is 13.0 Å². The summed E-state index contributed by atoms with van der Waals surface area (Å²) in [5.74, 6) is -2.37. The third kappa shape index (κ3) is 1.90. The van der Waals surface area contributed by atoms with Crippen LogP contribution in [0.5, 0.6) is 0 Å². The van der Waals surface area contributed by atoms with Crippen LogP contribution in [0, 0.1) is 5.92 Å². The molecule has 2 N–H and O–H groups in total. The van der Waals surface area contributed by atoms with Gasteiger partial charge < -0.3 is 5.73 Å². The molecule has 1 saturated carbocycles. The van der Waals surface area contributed by atoms with Gasteiger partial charge in [-0.25, -0.2) is 8.78 Å². The van der Waals surface area contributed by atoms with Crippen molar-refractivity contribution in [1.29, 1.82) is 0 Å². The van der Waals surface area contributed by atoms with Crippen LogP contribution in [0.1, 0.15) is 25.7 Å². The molecule has 1 nitrogen and oxygen atoms in total. The molecule has 3 heteroatoms. The van der Waals surface area contributed by atoms with Crippen molar-refractivity contribution in [3.8, 4) is 0 Å². The van der Waals surface area contributed by atoms with Gasteiger partial charge in [0.15, 0.2) is 0 Å². The smallest absolute Gasteiger partial charge is 0.248 e. The molecule has 0 bridgehead atoms. The van der Waals surface area contributed by atoms with Gasteiger partial charge >= 0.3 is 0 Å². The summed E-state index contributed by atoms with van der Waals surface area (Å²) in [4.78, 5) is 0. The Morgan fingerprint density at radius 3 is 2.60 bits per heavy atom. The monoisotopic (exact) mass is 149 g/mol. The second-order valence-electron chi connectivity index (χ2n) is 3.05. The number of rotatable bonds is 1. The fourth-order valence-electron chi connectivity index (χ4n) is 1.48.